The Balaban J connectivity index is 2.39. The first-order valence-electron chi connectivity index (χ1n) is 7.66. The molecule has 0 unspecified atom stereocenters. The highest BCUT2D eigenvalue weighted by atomic mass is 35.5. The summed E-state index contributed by atoms with van der Waals surface area (Å²) in [6.45, 7) is 3.28. The molecule has 10 heteroatoms. The van der Waals surface area contributed by atoms with Gasteiger partial charge >= 0.3 is 6.18 Å². The maximum Gasteiger partial charge on any atom is 0.433 e. The van der Waals surface area contributed by atoms with Crippen molar-refractivity contribution in [3.63, 3.8) is 0 Å². The van der Waals surface area contributed by atoms with Gasteiger partial charge in [0, 0.05) is 6.07 Å². The SMILES string of the molecule is CC(C)[C@H](CO)Nc1nc(Nc2ccc(F)cc2Cl)cc(C(F)(F)F)n1. The molecule has 0 radical (unpaired) electrons. The lowest BCUT2D eigenvalue weighted by molar-refractivity contribution is -0.141. The summed E-state index contributed by atoms with van der Waals surface area (Å²) in [4.78, 5) is 7.44. The van der Waals surface area contributed by atoms with E-state index in [1.165, 1.54) is 6.07 Å². The third-order valence-electron chi connectivity index (χ3n) is 3.53. The Bertz CT molecular complexity index is 770. The van der Waals surface area contributed by atoms with Gasteiger partial charge < -0.3 is 15.7 Å². The Hall–Kier alpha value is -2.13. The maximum absolute atomic E-state index is 13.1. The summed E-state index contributed by atoms with van der Waals surface area (Å²) in [6, 6.07) is 3.61. The van der Waals surface area contributed by atoms with Gasteiger partial charge in [0.2, 0.25) is 5.95 Å². The zero-order chi connectivity index (χ0) is 19.5. The fraction of sp³-hybridized carbons (Fsp3) is 0.375. The summed E-state index contributed by atoms with van der Waals surface area (Å²) in [5.41, 5.74) is -0.982. The van der Waals surface area contributed by atoms with Crippen molar-refractivity contribution < 1.29 is 22.7 Å². The third-order valence-corrected chi connectivity index (χ3v) is 3.84. The lowest BCUT2D eigenvalue weighted by Gasteiger charge is -2.21. The molecule has 0 aliphatic rings. The van der Waals surface area contributed by atoms with Crippen LogP contribution in [0.15, 0.2) is 24.3 Å². The van der Waals surface area contributed by atoms with Crippen molar-refractivity contribution in [1.29, 1.82) is 0 Å². The molecule has 1 heterocycles. The van der Waals surface area contributed by atoms with Crippen LogP contribution >= 0.6 is 11.6 Å². The number of benzene rings is 1. The average Bonchev–Trinajstić information content (AvgIpc) is 2.54. The molecule has 142 valence electrons. The fourth-order valence-electron chi connectivity index (χ4n) is 2.04. The highest BCUT2D eigenvalue weighted by Crippen LogP contribution is 2.32. The molecule has 0 aliphatic carbocycles. The molecule has 0 saturated carbocycles. The number of rotatable bonds is 6. The topological polar surface area (TPSA) is 70.1 Å². The average molecular weight is 393 g/mol. The van der Waals surface area contributed by atoms with Crippen LogP contribution in [0.2, 0.25) is 5.02 Å². The Morgan fingerprint density at radius 2 is 1.88 bits per heavy atom. The molecule has 5 nitrogen and oxygen atoms in total. The van der Waals surface area contributed by atoms with Crippen LogP contribution in [-0.2, 0) is 6.18 Å². The van der Waals surface area contributed by atoms with Gasteiger partial charge in [-0.1, -0.05) is 25.4 Å². The van der Waals surface area contributed by atoms with Crippen molar-refractivity contribution >= 4 is 29.1 Å². The minimum absolute atomic E-state index is 0.0119. The van der Waals surface area contributed by atoms with Gasteiger partial charge in [-0.25, -0.2) is 9.37 Å². The lowest BCUT2D eigenvalue weighted by atomic mass is 10.1. The van der Waals surface area contributed by atoms with E-state index in [9.17, 15) is 22.7 Å². The molecule has 0 amide bonds. The number of hydrogen-bond donors (Lipinski definition) is 3. The highest BCUT2D eigenvalue weighted by molar-refractivity contribution is 6.33. The molecule has 26 heavy (non-hydrogen) atoms. The molecule has 1 aromatic carbocycles. The number of halogens is 5. The summed E-state index contributed by atoms with van der Waals surface area (Å²) >= 11 is 5.88. The van der Waals surface area contributed by atoms with E-state index >= 15 is 0 Å². The summed E-state index contributed by atoms with van der Waals surface area (Å²) < 4.78 is 52.5. The van der Waals surface area contributed by atoms with E-state index in [1.807, 2.05) is 0 Å². The molecule has 1 aromatic heterocycles. The van der Waals surface area contributed by atoms with Crippen molar-refractivity contribution in [2.24, 2.45) is 5.92 Å². The zero-order valence-corrected chi connectivity index (χ0v) is 14.7. The first-order chi connectivity index (χ1) is 12.1. The maximum atomic E-state index is 13.1. The van der Waals surface area contributed by atoms with Crippen LogP contribution in [0.4, 0.5) is 35.0 Å². The predicted octanol–water partition coefficient (Wildman–Crippen LogP) is 4.46. The fourth-order valence-corrected chi connectivity index (χ4v) is 2.25. The van der Waals surface area contributed by atoms with Crippen LogP contribution in [0.5, 0.6) is 0 Å². The second-order valence-electron chi connectivity index (χ2n) is 5.89. The molecule has 0 bridgehead atoms. The Morgan fingerprint density at radius 1 is 1.19 bits per heavy atom. The van der Waals surface area contributed by atoms with E-state index in [4.69, 9.17) is 11.6 Å². The molecular weight excluding hydrogens is 376 g/mol. The summed E-state index contributed by atoms with van der Waals surface area (Å²) in [7, 11) is 0. The molecule has 0 fully saturated rings. The quantitative estimate of drug-likeness (QED) is 0.633. The van der Waals surface area contributed by atoms with Crippen LogP contribution < -0.4 is 10.6 Å². The molecule has 0 saturated heterocycles. The normalized spacial score (nSPS) is 13.0. The van der Waals surface area contributed by atoms with E-state index in [0.717, 1.165) is 12.1 Å². The lowest BCUT2D eigenvalue weighted by Crippen LogP contribution is -2.30. The first kappa shape index (κ1) is 20.2. The van der Waals surface area contributed by atoms with Gasteiger partial charge in [0.05, 0.1) is 23.4 Å². The minimum atomic E-state index is -4.70. The monoisotopic (exact) mass is 392 g/mol. The Morgan fingerprint density at radius 3 is 2.42 bits per heavy atom. The molecule has 2 rings (SSSR count). The predicted molar refractivity (Wildman–Crippen MR) is 91.1 cm³/mol. The van der Waals surface area contributed by atoms with Crippen molar-refractivity contribution in [1.82, 2.24) is 9.97 Å². The van der Waals surface area contributed by atoms with E-state index in [-0.39, 0.29) is 35.0 Å². The van der Waals surface area contributed by atoms with Gasteiger partial charge in [-0.2, -0.15) is 18.2 Å². The van der Waals surface area contributed by atoms with E-state index in [0.29, 0.717) is 6.07 Å². The molecule has 1 atom stereocenters. The number of nitrogens with one attached hydrogen (secondary N) is 2. The number of hydrogen-bond acceptors (Lipinski definition) is 5. The number of nitrogens with zero attached hydrogens (tertiary/aromatic N) is 2. The van der Waals surface area contributed by atoms with E-state index in [2.05, 4.69) is 20.6 Å². The van der Waals surface area contributed by atoms with Crippen molar-refractivity contribution in [3.8, 4) is 0 Å². The second kappa shape index (κ2) is 8.05. The van der Waals surface area contributed by atoms with Crippen LogP contribution in [-0.4, -0.2) is 27.7 Å². The van der Waals surface area contributed by atoms with Gasteiger partial charge in [0.1, 0.15) is 11.6 Å². The van der Waals surface area contributed by atoms with Gasteiger partial charge in [-0.15, -0.1) is 0 Å². The van der Waals surface area contributed by atoms with Crippen LogP contribution in [0, 0.1) is 11.7 Å². The minimum Gasteiger partial charge on any atom is -0.394 e. The van der Waals surface area contributed by atoms with Crippen LogP contribution in [0.3, 0.4) is 0 Å². The van der Waals surface area contributed by atoms with Gasteiger partial charge in [0.15, 0.2) is 5.69 Å². The summed E-state index contributed by atoms with van der Waals surface area (Å²) in [5.74, 6) is -1.12. The first-order valence-corrected chi connectivity index (χ1v) is 8.03. The number of aliphatic hydroxyl groups excluding tert-OH is 1. The standard InChI is InChI=1S/C16H17ClF4N4O/c1-8(2)12(7-26)23-15-24-13(16(19,20)21)6-14(25-15)22-11-4-3-9(18)5-10(11)17/h3-6,8,12,26H,7H2,1-2H3,(H2,22,23,24,25)/t12-/m0/s1. The van der Waals surface area contributed by atoms with Gasteiger partial charge in [0.25, 0.3) is 0 Å². The largest absolute Gasteiger partial charge is 0.433 e. The summed E-state index contributed by atoms with van der Waals surface area (Å²) in [6.07, 6.45) is -4.70. The Labute approximate surface area is 152 Å². The molecule has 0 aliphatic heterocycles. The third kappa shape index (κ3) is 5.18. The van der Waals surface area contributed by atoms with Crippen LogP contribution in [0.25, 0.3) is 0 Å². The smallest absolute Gasteiger partial charge is 0.394 e. The number of alkyl halides is 3. The van der Waals surface area contributed by atoms with E-state index < -0.39 is 23.7 Å². The highest BCUT2D eigenvalue weighted by Gasteiger charge is 2.34. The zero-order valence-electron chi connectivity index (χ0n) is 13.9. The van der Waals surface area contributed by atoms with E-state index in [1.54, 1.807) is 13.8 Å². The van der Waals surface area contributed by atoms with Crippen molar-refractivity contribution in [2.75, 3.05) is 17.2 Å². The molecule has 0 spiro atoms. The van der Waals surface area contributed by atoms with Crippen molar-refractivity contribution in [3.05, 3.63) is 40.8 Å². The molecule has 2 aromatic rings. The molecule has 3 N–H and O–H groups in total. The number of aromatic nitrogens is 2. The van der Waals surface area contributed by atoms with Crippen molar-refractivity contribution in [2.45, 2.75) is 26.1 Å². The van der Waals surface area contributed by atoms with Gasteiger partial charge in [-0.3, -0.25) is 0 Å². The second-order valence-corrected chi connectivity index (χ2v) is 6.29. The van der Waals surface area contributed by atoms with Crippen LogP contribution in [0.1, 0.15) is 19.5 Å². The Kier molecular flexibility index (Phi) is 6.25. The van der Waals surface area contributed by atoms with Gasteiger partial charge in [-0.05, 0) is 24.1 Å². The number of anilines is 3. The molecular formula is C16H17ClF4N4O. The number of aliphatic hydroxyl groups is 1. The summed E-state index contributed by atoms with van der Waals surface area (Å²) in [5, 5.41) is 14.6.